The molecular formula is C25H23BrCl2N2O5. The first-order valence-corrected chi connectivity index (χ1v) is 12.8. The van der Waals surface area contributed by atoms with E-state index in [1.807, 2.05) is 6.92 Å². The summed E-state index contributed by atoms with van der Waals surface area (Å²) in [5, 5.41) is 3.30. The van der Waals surface area contributed by atoms with Gasteiger partial charge in [-0.3, -0.25) is 19.8 Å². The topological polar surface area (TPSA) is 84.9 Å². The van der Waals surface area contributed by atoms with Crippen LogP contribution in [0.5, 0.6) is 11.5 Å². The van der Waals surface area contributed by atoms with Crippen LogP contribution >= 0.6 is 39.1 Å². The Morgan fingerprint density at radius 2 is 1.86 bits per heavy atom. The highest BCUT2D eigenvalue weighted by atomic mass is 79.9. The fourth-order valence-electron chi connectivity index (χ4n) is 4.19. The number of imide groups is 2. The highest BCUT2D eigenvalue weighted by molar-refractivity contribution is 9.10. The third kappa shape index (κ3) is 5.66. The van der Waals surface area contributed by atoms with Gasteiger partial charge in [-0.2, -0.15) is 0 Å². The first-order chi connectivity index (χ1) is 16.8. The average Bonchev–Trinajstić information content (AvgIpc) is 3.31. The van der Waals surface area contributed by atoms with Crippen molar-refractivity contribution in [2.75, 3.05) is 6.61 Å². The number of carbonyl (C=O) groups is 3. The molecule has 0 bridgehead atoms. The zero-order valence-electron chi connectivity index (χ0n) is 18.9. The monoisotopic (exact) mass is 580 g/mol. The summed E-state index contributed by atoms with van der Waals surface area (Å²) in [6, 6.07) is 7.68. The fraction of sp³-hybridized carbons (Fsp3) is 0.320. The summed E-state index contributed by atoms with van der Waals surface area (Å²) in [6.45, 7) is 2.38. The quantitative estimate of drug-likeness (QED) is 0.314. The molecule has 1 heterocycles. The third-order valence-corrected chi connectivity index (χ3v) is 7.03. The van der Waals surface area contributed by atoms with E-state index in [-0.39, 0.29) is 18.2 Å². The molecule has 10 heteroatoms. The van der Waals surface area contributed by atoms with Crippen LogP contribution in [0.15, 0.2) is 40.4 Å². The van der Waals surface area contributed by atoms with Gasteiger partial charge in [-0.1, -0.05) is 42.1 Å². The largest absolute Gasteiger partial charge is 0.490 e. The molecule has 1 N–H and O–H groups in total. The number of nitrogens with zero attached hydrogens (tertiary/aromatic N) is 1. The van der Waals surface area contributed by atoms with Crippen LogP contribution in [0.2, 0.25) is 10.0 Å². The first-order valence-electron chi connectivity index (χ1n) is 11.2. The minimum atomic E-state index is -0.721. The van der Waals surface area contributed by atoms with E-state index in [0.29, 0.717) is 38.2 Å². The molecule has 1 aliphatic carbocycles. The normalized spacial score (nSPS) is 17.8. The van der Waals surface area contributed by atoms with Crippen molar-refractivity contribution < 1.29 is 23.9 Å². The van der Waals surface area contributed by atoms with Gasteiger partial charge in [0.15, 0.2) is 11.5 Å². The fourth-order valence-corrected chi connectivity index (χ4v) is 5.23. The van der Waals surface area contributed by atoms with Crippen LogP contribution in [0.4, 0.5) is 4.79 Å². The second kappa shape index (κ2) is 11.0. The van der Waals surface area contributed by atoms with Crippen LogP contribution in [0.25, 0.3) is 6.08 Å². The van der Waals surface area contributed by atoms with Crippen molar-refractivity contribution in [1.82, 2.24) is 10.2 Å². The predicted octanol–water partition coefficient (Wildman–Crippen LogP) is 6.14. The Morgan fingerprint density at radius 3 is 2.54 bits per heavy atom. The molecule has 0 aromatic heterocycles. The standard InChI is InChI=1S/C25H23BrCl2N2O5/c1-2-34-21-11-14(10-19(26)22(21)35-13-15-7-8-16(27)12-20(15)28)9-18-23(31)29-25(33)30(24(18)32)17-5-3-4-6-17/h7-12,17H,2-6,13H2,1H3,(H,29,31,33)/b18-9+. The van der Waals surface area contributed by atoms with E-state index in [9.17, 15) is 14.4 Å². The van der Waals surface area contributed by atoms with Crippen molar-refractivity contribution in [2.45, 2.75) is 45.3 Å². The number of hydrogen-bond donors (Lipinski definition) is 1. The molecule has 4 rings (SSSR count). The Bertz CT molecular complexity index is 1210. The van der Waals surface area contributed by atoms with Gasteiger partial charge in [0.1, 0.15) is 12.2 Å². The highest BCUT2D eigenvalue weighted by Gasteiger charge is 2.40. The number of rotatable bonds is 7. The van der Waals surface area contributed by atoms with Crippen LogP contribution in [0, 0.1) is 0 Å². The minimum Gasteiger partial charge on any atom is -0.490 e. The number of barbiturate groups is 1. The average molecular weight is 582 g/mol. The van der Waals surface area contributed by atoms with Crippen molar-refractivity contribution in [2.24, 2.45) is 0 Å². The van der Waals surface area contributed by atoms with E-state index in [0.717, 1.165) is 31.2 Å². The minimum absolute atomic E-state index is 0.104. The molecule has 184 valence electrons. The van der Waals surface area contributed by atoms with Gasteiger partial charge in [-0.15, -0.1) is 0 Å². The van der Waals surface area contributed by atoms with Crippen molar-refractivity contribution in [3.8, 4) is 11.5 Å². The SMILES string of the molecule is CCOc1cc(/C=C2\C(=O)NC(=O)N(C3CCCC3)C2=O)cc(Br)c1OCc1ccc(Cl)cc1Cl. The molecule has 0 atom stereocenters. The zero-order valence-corrected chi connectivity index (χ0v) is 22.0. The second-order valence-electron chi connectivity index (χ2n) is 8.22. The molecule has 0 spiro atoms. The highest BCUT2D eigenvalue weighted by Crippen LogP contribution is 2.39. The number of ether oxygens (including phenoxy) is 2. The van der Waals surface area contributed by atoms with Crippen LogP contribution in [0.1, 0.15) is 43.7 Å². The van der Waals surface area contributed by atoms with Gasteiger partial charge in [-0.05, 0) is 71.6 Å². The van der Waals surface area contributed by atoms with Gasteiger partial charge < -0.3 is 9.47 Å². The number of amides is 4. The zero-order chi connectivity index (χ0) is 25.1. The summed E-state index contributed by atoms with van der Waals surface area (Å²) in [6.07, 6.45) is 4.83. The Hall–Kier alpha value is -2.55. The molecule has 2 fully saturated rings. The maximum Gasteiger partial charge on any atom is 0.331 e. The number of benzene rings is 2. The predicted molar refractivity (Wildman–Crippen MR) is 137 cm³/mol. The summed E-state index contributed by atoms with van der Waals surface area (Å²) in [5.74, 6) is -0.438. The molecule has 35 heavy (non-hydrogen) atoms. The summed E-state index contributed by atoms with van der Waals surface area (Å²) in [4.78, 5) is 39.1. The molecular weight excluding hydrogens is 559 g/mol. The van der Waals surface area contributed by atoms with Crippen molar-refractivity contribution in [3.05, 3.63) is 61.5 Å². The van der Waals surface area contributed by atoms with E-state index < -0.39 is 17.8 Å². The first kappa shape index (κ1) is 25.5. The molecule has 2 aromatic rings. The van der Waals surface area contributed by atoms with Crippen LogP contribution in [0.3, 0.4) is 0 Å². The molecule has 7 nitrogen and oxygen atoms in total. The van der Waals surface area contributed by atoms with E-state index in [1.165, 1.54) is 11.0 Å². The number of nitrogens with one attached hydrogen (secondary N) is 1. The molecule has 0 radical (unpaired) electrons. The Kier molecular flexibility index (Phi) is 8.04. The number of hydrogen-bond acceptors (Lipinski definition) is 5. The molecule has 1 saturated heterocycles. The van der Waals surface area contributed by atoms with E-state index >= 15 is 0 Å². The molecule has 4 amide bonds. The molecule has 2 aliphatic rings. The van der Waals surface area contributed by atoms with Gasteiger partial charge in [0.2, 0.25) is 0 Å². The maximum absolute atomic E-state index is 13.1. The molecule has 2 aromatic carbocycles. The maximum atomic E-state index is 13.1. The van der Waals surface area contributed by atoms with Gasteiger partial charge in [0.05, 0.1) is 11.1 Å². The van der Waals surface area contributed by atoms with Gasteiger partial charge in [0, 0.05) is 21.7 Å². The van der Waals surface area contributed by atoms with Crippen LogP contribution < -0.4 is 14.8 Å². The summed E-state index contributed by atoms with van der Waals surface area (Å²) in [7, 11) is 0. The number of carbonyl (C=O) groups excluding carboxylic acids is 3. The second-order valence-corrected chi connectivity index (χ2v) is 9.92. The van der Waals surface area contributed by atoms with Gasteiger partial charge in [-0.25, -0.2) is 4.79 Å². The smallest absolute Gasteiger partial charge is 0.331 e. The van der Waals surface area contributed by atoms with Crippen molar-refractivity contribution in [1.29, 1.82) is 0 Å². The van der Waals surface area contributed by atoms with Crippen LogP contribution in [-0.4, -0.2) is 35.4 Å². The summed E-state index contributed by atoms with van der Waals surface area (Å²) in [5.41, 5.74) is 1.18. The van der Waals surface area contributed by atoms with E-state index in [1.54, 1.807) is 30.3 Å². The molecule has 0 unspecified atom stereocenters. The lowest BCUT2D eigenvalue weighted by Gasteiger charge is -2.31. The van der Waals surface area contributed by atoms with E-state index in [4.69, 9.17) is 32.7 Å². The van der Waals surface area contributed by atoms with E-state index in [2.05, 4.69) is 21.2 Å². The lowest BCUT2D eigenvalue weighted by molar-refractivity contribution is -0.131. The molecule has 1 aliphatic heterocycles. The number of urea groups is 1. The lowest BCUT2D eigenvalue weighted by Crippen LogP contribution is -2.57. The lowest BCUT2D eigenvalue weighted by atomic mass is 10.0. The van der Waals surface area contributed by atoms with Crippen molar-refractivity contribution in [3.63, 3.8) is 0 Å². The van der Waals surface area contributed by atoms with Gasteiger partial charge in [0.25, 0.3) is 11.8 Å². The Balaban J connectivity index is 1.62. The third-order valence-electron chi connectivity index (χ3n) is 5.85. The van der Waals surface area contributed by atoms with Gasteiger partial charge >= 0.3 is 6.03 Å². The molecule has 1 saturated carbocycles. The van der Waals surface area contributed by atoms with Crippen molar-refractivity contribution >= 4 is 63.1 Å². The summed E-state index contributed by atoms with van der Waals surface area (Å²) >= 11 is 15.7. The summed E-state index contributed by atoms with van der Waals surface area (Å²) < 4.78 is 12.3. The number of halogens is 3. The van der Waals surface area contributed by atoms with Crippen LogP contribution in [-0.2, 0) is 16.2 Å². The Morgan fingerprint density at radius 1 is 1.11 bits per heavy atom. The Labute approximate surface area is 221 Å².